The van der Waals surface area contributed by atoms with Gasteiger partial charge in [-0.25, -0.2) is 4.58 Å². The van der Waals surface area contributed by atoms with Crippen molar-refractivity contribution in [2.24, 2.45) is 0 Å². The quantitative estimate of drug-likeness (QED) is 0.190. The fourth-order valence-electron chi connectivity index (χ4n) is 5.31. The Hall–Kier alpha value is -3.86. The summed E-state index contributed by atoms with van der Waals surface area (Å²) < 4.78 is 7.90. The summed E-state index contributed by atoms with van der Waals surface area (Å²) in [4.78, 5) is 16.8. The molecule has 5 heteroatoms. The van der Waals surface area contributed by atoms with Crippen molar-refractivity contribution in [2.45, 2.75) is 51.0 Å². The summed E-state index contributed by atoms with van der Waals surface area (Å²) in [5.74, 6) is -0.0666. The molecule has 2 aromatic rings. The normalized spacial score (nSPS) is 17.4. The number of esters is 1. The molecule has 2 aliphatic rings. The van der Waals surface area contributed by atoms with Crippen molar-refractivity contribution in [3.8, 4) is 0 Å². The van der Waals surface area contributed by atoms with Crippen molar-refractivity contribution >= 4 is 28.6 Å². The highest BCUT2D eigenvalue weighted by atomic mass is 16.5. The van der Waals surface area contributed by atoms with Gasteiger partial charge in [0, 0.05) is 57.6 Å². The van der Waals surface area contributed by atoms with Crippen LogP contribution in [-0.2, 0) is 9.53 Å². The Bertz CT molecular complexity index is 1310. The molecule has 0 aromatic heterocycles. The third kappa shape index (κ3) is 8.56. The van der Waals surface area contributed by atoms with Crippen molar-refractivity contribution < 1.29 is 14.1 Å². The Morgan fingerprint density at radius 2 is 1.44 bits per heavy atom. The second kappa shape index (κ2) is 14.7. The van der Waals surface area contributed by atoms with E-state index in [4.69, 9.17) is 4.74 Å². The number of ether oxygens (including phenoxy) is 1. The molecule has 0 saturated heterocycles. The van der Waals surface area contributed by atoms with Crippen LogP contribution < -0.4 is 9.80 Å². The van der Waals surface area contributed by atoms with Gasteiger partial charge in [-0.3, -0.25) is 4.79 Å². The zero-order valence-electron chi connectivity index (χ0n) is 25.5. The zero-order valence-corrected chi connectivity index (χ0v) is 25.5. The lowest BCUT2D eigenvalue weighted by Gasteiger charge is -2.21. The molecule has 0 fully saturated rings. The van der Waals surface area contributed by atoms with Gasteiger partial charge in [0.1, 0.15) is 20.2 Å². The Morgan fingerprint density at radius 1 is 0.829 bits per heavy atom. The van der Waals surface area contributed by atoms with Gasteiger partial charge in [0.25, 0.3) is 0 Å². The highest BCUT2D eigenvalue weighted by Gasteiger charge is 2.16. The van der Waals surface area contributed by atoms with Crippen LogP contribution in [0.1, 0.15) is 56.1 Å². The smallest absolute Gasteiger partial charge is 0.306 e. The van der Waals surface area contributed by atoms with E-state index in [2.05, 4.69) is 135 Å². The van der Waals surface area contributed by atoms with E-state index in [-0.39, 0.29) is 12.1 Å². The summed E-state index contributed by atoms with van der Waals surface area (Å²) in [6.07, 6.45) is 19.6. The Labute approximate surface area is 246 Å². The minimum atomic E-state index is -0.0666. The predicted molar refractivity (Wildman–Crippen MR) is 173 cm³/mol. The summed E-state index contributed by atoms with van der Waals surface area (Å²) >= 11 is 0. The standard InChI is InChI=1S/C36H46N3O2/c1-37(2)31-21-15-28(16-22-31)36(29-17-23-32(24-18-29)38(3)4)30-19-25-33(26-20-30)39(5)27-11-14-35(40)41-34-12-9-7-6-8-10-13-34/h6-7,15-26,34H,8-14,27H2,1-5H3/q+1/b7-6+. The maximum absolute atomic E-state index is 12.5. The molecule has 0 N–H and O–H groups in total. The second-order valence-electron chi connectivity index (χ2n) is 11.4. The first-order valence-corrected chi connectivity index (χ1v) is 14.9. The monoisotopic (exact) mass is 552 g/mol. The van der Waals surface area contributed by atoms with Crippen LogP contribution in [0, 0.1) is 0 Å². The number of rotatable bonds is 9. The van der Waals surface area contributed by atoms with Gasteiger partial charge >= 0.3 is 5.97 Å². The number of benzene rings is 2. The average molecular weight is 553 g/mol. The number of carbonyl (C=O) groups excluding carboxylic acids is 1. The third-order valence-electron chi connectivity index (χ3n) is 7.83. The van der Waals surface area contributed by atoms with Crippen LogP contribution >= 0.6 is 0 Å². The van der Waals surface area contributed by atoms with Crippen LogP contribution in [-0.4, -0.2) is 64.1 Å². The molecule has 41 heavy (non-hydrogen) atoms. The molecule has 2 aliphatic carbocycles. The minimum Gasteiger partial charge on any atom is -0.462 e. The van der Waals surface area contributed by atoms with Crippen LogP contribution in [0.25, 0.3) is 5.57 Å². The lowest BCUT2D eigenvalue weighted by atomic mass is 9.90. The SMILES string of the molecule is CN(C)c1ccc(C(=C2C=CC(=[N+](C)C)C=C2)c2ccc(N(C)CCCC(=O)OC3CC/C=C/CCC3)cc2)cc1. The Morgan fingerprint density at radius 3 is 2.05 bits per heavy atom. The van der Waals surface area contributed by atoms with Gasteiger partial charge in [-0.1, -0.05) is 36.4 Å². The van der Waals surface area contributed by atoms with Crippen LogP contribution in [0.15, 0.2) is 90.6 Å². The molecule has 0 radical (unpaired) electrons. The molecule has 0 heterocycles. The summed E-state index contributed by atoms with van der Waals surface area (Å²) in [7, 11) is 10.3. The lowest BCUT2D eigenvalue weighted by molar-refractivity contribution is -0.462. The van der Waals surface area contributed by atoms with Gasteiger partial charge < -0.3 is 14.5 Å². The topological polar surface area (TPSA) is 35.8 Å². The fourth-order valence-corrected chi connectivity index (χ4v) is 5.31. The van der Waals surface area contributed by atoms with E-state index in [1.165, 1.54) is 33.7 Å². The third-order valence-corrected chi connectivity index (χ3v) is 7.83. The number of allylic oxidation sites excluding steroid dienone is 7. The largest absolute Gasteiger partial charge is 0.462 e. The highest BCUT2D eigenvalue weighted by molar-refractivity contribution is 6.04. The predicted octanol–water partition coefficient (Wildman–Crippen LogP) is 7.04. The van der Waals surface area contributed by atoms with E-state index in [0.717, 1.165) is 50.8 Å². The minimum absolute atomic E-state index is 0.0666. The average Bonchev–Trinajstić information content (AvgIpc) is 2.95. The first kappa shape index (κ1) is 30.1. The van der Waals surface area contributed by atoms with E-state index >= 15 is 0 Å². The number of carbonyl (C=O) groups is 1. The summed E-state index contributed by atoms with van der Waals surface area (Å²) in [6.45, 7) is 0.802. The van der Waals surface area contributed by atoms with Gasteiger partial charge in [0.2, 0.25) is 0 Å². The zero-order chi connectivity index (χ0) is 29.2. The number of hydrogen-bond donors (Lipinski definition) is 0. The molecule has 0 spiro atoms. The van der Waals surface area contributed by atoms with Crippen molar-refractivity contribution in [1.29, 1.82) is 0 Å². The molecular weight excluding hydrogens is 506 g/mol. The molecule has 1 unspecified atom stereocenters. The molecule has 0 aliphatic heterocycles. The molecule has 2 aromatic carbocycles. The lowest BCUT2D eigenvalue weighted by Crippen LogP contribution is -2.22. The van der Waals surface area contributed by atoms with E-state index < -0.39 is 0 Å². The van der Waals surface area contributed by atoms with Crippen molar-refractivity contribution in [1.82, 2.24) is 0 Å². The van der Waals surface area contributed by atoms with E-state index in [9.17, 15) is 4.79 Å². The molecule has 1 atom stereocenters. The van der Waals surface area contributed by atoms with Gasteiger partial charge in [-0.15, -0.1) is 0 Å². The highest BCUT2D eigenvalue weighted by Crippen LogP contribution is 2.32. The molecule has 216 valence electrons. The maximum atomic E-state index is 12.5. The van der Waals surface area contributed by atoms with Gasteiger partial charge in [-0.05, 0) is 97.2 Å². The van der Waals surface area contributed by atoms with Gasteiger partial charge in [0.15, 0.2) is 5.71 Å². The summed E-state index contributed by atoms with van der Waals surface area (Å²) in [5, 5.41) is 0. The number of nitrogens with zero attached hydrogens (tertiary/aromatic N) is 3. The van der Waals surface area contributed by atoms with Gasteiger partial charge in [0.05, 0.1) is 0 Å². The van der Waals surface area contributed by atoms with Crippen LogP contribution in [0.3, 0.4) is 0 Å². The molecule has 5 nitrogen and oxygen atoms in total. The van der Waals surface area contributed by atoms with Crippen LogP contribution in [0.2, 0.25) is 0 Å². The first-order valence-electron chi connectivity index (χ1n) is 14.9. The number of anilines is 2. The van der Waals surface area contributed by atoms with Crippen molar-refractivity contribution in [3.05, 3.63) is 102 Å². The van der Waals surface area contributed by atoms with Crippen LogP contribution in [0.4, 0.5) is 11.4 Å². The van der Waals surface area contributed by atoms with Crippen molar-refractivity contribution in [3.63, 3.8) is 0 Å². The first-order chi connectivity index (χ1) is 19.8. The molecule has 4 rings (SSSR count). The summed E-state index contributed by atoms with van der Waals surface area (Å²) in [5.41, 5.74) is 8.26. The van der Waals surface area contributed by atoms with Crippen molar-refractivity contribution in [2.75, 3.05) is 51.6 Å². The van der Waals surface area contributed by atoms with Gasteiger partial charge in [-0.2, -0.15) is 0 Å². The summed E-state index contributed by atoms with van der Waals surface area (Å²) in [6, 6.07) is 17.5. The molecule has 0 saturated carbocycles. The van der Waals surface area contributed by atoms with E-state index in [0.29, 0.717) is 6.42 Å². The fraction of sp³-hybridized carbons (Fsp3) is 0.389. The van der Waals surface area contributed by atoms with E-state index in [1.807, 2.05) is 0 Å². The number of hydrogen-bond acceptors (Lipinski definition) is 4. The Balaban J connectivity index is 1.43. The van der Waals surface area contributed by atoms with E-state index in [1.54, 1.807) is 0 Å². The molecular formula is C36H46N3O2+. The second-order valence-corrected chi connectivity index (χ2v) is 11.4. The Kier molecular flexibility index (Phi) is 10.8. The van der Waals surface area contributed by atoms with Crippen LogP contribution in [0.5, 0.6) is 0 Å². The molecule has 0 bridgehead atoms. The maximum Gasteiger partial charge on any atom is 0.306 e. The molecule has 0 amide bonds.